The highest BCUT2D eigenvalue weighted by atomic mass is 19.3. The first-order chi connectivity index (χ1) is 13.2. The molecule has 1 aliphatic rings. The number of nitrogens with one attached hydrogen (secondary N) is 1. The molecule has 2 aromatic heterocycles. The van der Waals surface area contributed by atoms with E-state index in [1.54, 1.807) is 12.3 Å². The van der Waals surface area contributed by atoms with Crippen LogP contribution in [0.2, 0.25) is 0 Å². The summed E-state index contributed by atoms with van der Waals surface area (Å²) in [7, 11) is 0. The number of hydrogen-bond acceptors (Lipinski definition) is 5. The maximum Gasteiger partial charge on any atom is 0.387 e. The SMILES string of the molecule is FC(F)Oc1cccnc1C1(Nc2ccc(-c3ccccc3)nn2)CCC1. The van der Waals surface area contributed by atoms with Crippen LogP contribution in [0.4, 0.5) is 14.6 Å². The lowest BCUT2D eigenvalue weighted by atomic mass is 9.73. The molecule has 0 aliphatic heterocycles. The Balaban J connectivity index is 1.59. The van der Waals surface area contributed by atoms with Gasteiger partial charge in [-0.2, -0.15) is 8.78 Å². The molecule has 7 heteroatoms. The Morgan fingerprint density at radius 3 is 2.41 bits per heavy atom. The molecule has 4 rings (SSSR count). The smallest absolute Gasteiger partial charge is 0.387 e. The Hall–Kier alpha value is -3.09. The largest absolute Gasteiger partial charge is 0.433 e. The van der Waals surface area contributed by atoms with Crippen LogP contribution in [-0.2, 0) is 5.54 Å². The summed E-state index contributed by atoms with van der Waals surface area (Å²) in [6.07, 6.45) is 4.06. The van der Waals surface area contributed by atoms with Crippen molar-refractivity contribution in [2.75, 3.05) is 5.32 Å². The van der Waals surface area contributed by atoms with E-state index in [4.69, 9.17) is 0 Å². The second-order valence-electron chi connectivity index (χ2n) is 6.46. The van der Waals surface area contributed by atoms with Crippen molar-refractivity contribution in [3.05, 3.63) is 66.5 Å². The van der Waals surface area contributed by atoms with E-state index in [-0.39, 0.29) is 5.75 Å². The van der Waals surface area contributed by atoms with E-state index >= 15 is 0 Å². The van der Waals surface area contributed by atoms with Gasteiger partial charge in [0, 0.05) is 11.8 Å². The quantitative estimate of drug-likeness (QED) is 0.687. The summed E-state index contributed by atoms with van der Waals surface area (Å²) in [4.78, 5) is 4.32. The van der Waals surface area contributed by atoms with Gasteiger partial charge in [-0.25, -0.2) is 0 Å². The number of ether oxygens (including phenoxy) is 1. The van der Waals surface area contributed by atoms with Crippen molar-refractivity contribution in [3.8, 4) is 17.0 Å². The van der Waals surface area contributed by atoms with Crippen LogP contribution in [0.3, 0.4) is 0 Å². The van der Waals surface area contributed by atoms with Gasteiger partial charge in [0.1, 0.15) is 17.3 Å². The minimum Gasteiger partial charge on any atom is -0.433 e. The number of nitrogens with zero attached hydrogens (tertiary/aromatic N) is 3. The lowest BCUT2D eigenvalue weighted by molar-refractivity contribution is -0.0517. The molecule has 1 N–H and O–H groups in total. The fraction of sp³-hybridized carbons (Fsp3) is 0.250. The van der Waals surface area contributed by atoms with Gasteiger partial charge in [-0.05, 0) is 43.5 Å². The molecule has 138 valence electrons. The lowest BCUT2D eigenvalue weighted by Crippen LogP contribution is -2.43. The first kappa shape index (κ1) is 17.3. The van der Waals surface area contributed by atoms with E-state index < -0.39 is 12.2 Å². The van der Waals surface area contributed by atoms with Crippen LogP contribution in [0.5, 0.6) is 5.75 Å². The van der Waals surface area contributed by atoms with E-state index in [9.17, 15) is 8.78 Å². The molecule has 0 amide bonds. The van der Waals surface area contributed by atoms with Gasteiger partial charge in [-0.15, -0.1) is 10.2 Å². The van der Waals surface area contributed by atoms with Crippen molar-refractivity contribution in [3.63, 3.8) is 0 Å². The number of alkyl halides is 2. The van der Waals surface area contributed by atoms with Crippen molar-refractivity contribution in [2.45, 2.75) is 31.4 Å². The summed E-state index contributed by atoms with van der Waals surface area (Å²) in [5.41, 5.74) is 1.65. The van der Waals surface area contributed by atoms with Gasteiger partial charge in [0.25, 0.3) is 0 Å². The van der Waals surface area contributed by atoms with Crippen molar-refractivity contribution in [1.29, 1.82) is 0 Å². The van der Waals surface area contributed by atoms with Crippen molar-refractivity contribution >= 4 is 5.82 Å². The minimum atomic E-state index is -2.89. The van der Waals surface area contributed by atoms with E-state index in [0.717, 1.165) is 30.5 Å². The van der Waals surface area contributed by atoms with E-state index in [2.05, 4.69) is 25.2 Å². The van der Waals surface area contributed by atoms with Crippen molar-refractivity contribution < 1.29 is 13.5 Å². The lowest BCUT2D eigenvalue weighted by Gasteiger charge is -2.42. The number of hydrogen-bond donors (Lipinski definition) is 1. The number of halogens is 2. The zero-order chi connectivity index (χ0) is 18.7. The summed E-state index contributed by atoms with van der Waals surface area (Å²) in [5.74, 6) is 0.664. The fourth-order valence-corrected chi connectivity index (χ4v) is 3.30. The Morgan fingerprint density at radius 1 is 0.963 bits per heavy atom. The monoisotopic (exact) mass is 368 g/mol. The molecule has 0 saturated heterocycles. The molecular formula is C20H18F2N4O. The number of aromatic nitrogens is 3. The summed E-state index contributed by atoms with van der Waals surface area (Å²) in [6, 6.07) is 16.6. The van der Waals surface area contributed by atoms with Gasteiger partial charge < -0.3 is 10.1 Å². The Labute approximate surface area is 155 Å². The molecule has 1 aromatic carbocycles. The molecule has 27 heavy (non-hydrogen) atoms. The minimum absolute atomic E-state index is 0.0913. The molecule has 2 heterocycles. The summed E-state index contributed by atoms with van der Waals surface area (Å²) >= 11 is 0. The molecule has 0 bridgehead atoms. The van der Waals surface area contributed by atoms with E-state index in [1.165, 1.54) is 6.07 Å². The van der Waals surface area contributed by atoms with Crippen LogP contribution in [0, 0.1) is 0 Å². The number of anilines is 1. The van der Waals surface area contributed by atoms with E-state index in [1.807, 2.05) is 42.5 Å². The standard InChI is InChI=1S/C20H18F2N4O/c21-19(22)27-16-8-4-13-23-18(16)20(11-5-12-20)24-17-10-9-15(25-26-17)14-6-2-1-3-7-14/h1-4,6-10,13,19H,5,11-12H2,(H,24,26). The molecule has 1 saturated carbocycles. The van der Waals surface area contributed by atoms with Crippen LogP contribution in [0.15, 0.2) is 60.8 Å². The van der Waals surface area contributed by atoms with Gasteiger partial charge in [0.2, 0.25) is 0 Å². The third-order valence-corrected chi connectivity index (χ3v) is 4.75. The Bertz CT molecular complexity index is 899. The van der Waals surface area contributed by atoms with Gasteiger partial charge in [-0.3, -0.25) is 4.98 Å². The van der Waals surface area contributed by atoms with Gasteiger partial charge in [0.15, 0.2) is 0 Å². The average molecular weight is 368 g/mol. The molecule has 0 atom stereocenters. The van der Waals surface area contributed by atoms with Crippen LogP contribution < -0.4 is 10.1 Å². The van der Waals surface area contributed by atoms with Gasteiger partial charge >= 0.3 is 6.61 Å². The van der Waals surface area contributed by atoms with Crippen LogP contribution in [0.1, 0.15) is 25.0 Å². The molecular weight excluding hydrogens is 350 g/mol. The maximum atomic E-state index is 12.8. The molecule has 0 radical (unpaired) electrons. The molecule has 1 fully saturated rings. The second kappa shape index (κ2) is 7.26. The summed E-state index contributed by atoms with van der Waals surface area (Å²) in [5, 5.41) is 11.9. The predicted octanol–water partition coefficient (Wildman–Crippen LogP) is 4.63. The average Bonchev–Trinajstić information content (AvgIpc) is 2.66. The third kappa shape index (κ3) is 3.58. The number of rotatable bonds is 6. The topological polar surface area (TPSA) is 59.9 Å². The van der Waals surface area contributed by atoms with Crippen LogP contribution >= 0.6 is 0 Å². The summed E-state index contributed by atoms with van der Waals surface area (Å²) < 4.78 is 30.2. The number of pyridine rings is 1. The van der Waals surface area contributed by atoms with Gasteiger partial charge in [0.05, 0.1) is 11.2 Å². The highest BCUT2D eigenvalue weighted by Gasteiger charge is 2.43. The fourth-order valence-electron chi connectivity index (χ4n) is 3.30. The summed E-state index contributed by atoms with van der Waals surface area (Å²) in [6.45, 7) is -2.89. The number of benzene rings is 1. The van der Waals surface area contributed by atoms with Crippen molar-refractivity contribution in [1.82, 2.24) is 15.2 Å². The van der Waals surface area contributed by atoms with Gasteiger partial charge in [-0.1, -0.05) is 30.3 Å². The molecule has 1 aliphatic carbocycles. The van der Waals surface area contributed by atoms with Crippen LogP contribution in [-0.4, -0.2) is 21.8 Å². The Kier molecular flexibility index (Phi) is 4.66. The van der Waals surface area contributed by atoms with Crippen molar-refractivity contribution in [2.24, 2.45) is 0 Å². The maximum absolute atomic E-state index is 12.8. The molecule has 5 nitrogen and oxygen atoms in total. The molecule has 3 aromatic rings. The first-order valence-electron chi connectivity index (χ1n) is 8.74. The molecule has 0 unspecified atom stereocenters. The molecule has 0 spiro atoms. The predicted molar refractivity (Wildman–Crippen MR) is 97.5 cm³/mol. The highest BCUT2D eigenvalue weighted by Crippen LogP contribution is 2.46. The first-order valence-corrected chi connectivity index (χ1v) is 8.74. The third-order valence-electron chi connectivity index (χ3n) is 4.75. The highest BCUT2D eigenvalue weighted by molar-refractivity contribution is 5.59. The second-order valence-corrected chi connectivity index (χ2v) is 6.46. The zero-order valence-electron chi connectivity index (χ0n) is 14.5. The van der Waals surface area contributed by atoms with Crippen LogP contribution in [0.25, 0.3) is 11.3 Å². The van der Waals surface area contributed by atoms with E-state index in [0.29, 0.717) is 11.5 Å². The Morgan fingerprint density at radius 2 is 1.78 bits per heavy atom. The normalized spacial score (nSPS) is 15.2. The zero-order valence-corrected chi connectivity index (χ0v) is 14.5.